The fourth-order valence-corrected chi connectivity index (χ4v) is 3.70. The highest BCUT2D eigenvalue weighted by Gasteiger charge is 2.44. The Hall–Kier alpha value is -0.590. The molecule has 1 saturated carbocycles. The highest BCUT2D eigenvalue weighted by atomic mass is 16.1. The first-order valence-electron chi connectivity index (χ1n) is 6.28. The predicted octanol–water partition coefficient (Wildman–Crippen LogP) is 3.74. The van der Waals surface area contributed by atoms with Crippen LogP contribution in [-0.2, 0) is 4.79 Å². The molecular weight excluding hydrogens is 184 g/mol. The van der Waals surface area contributed by atoms with Crippen molar-refractivity contribution in [3.63, 3.8) is 0 Å². The van der Waals surface area contributed by atoms with E-state index < -0.39 is 0 Å². The van der Waals surface area contributed by atoms with Crippen LogP contribution in [0.4, 0.5) is 0 Å². The summed E-state index contributed by atoms with van der Waals surface area (Å²) < 4.78 is 0. The van der Waals surface area contributed by atoms with E-state index in [1.807, 2.05) is 6.08 Å². The minimum absolute atomic E-state index is 0.334. The summed E-state index contributed by atoms with van der Waals surface area (Å²) in [6.07, 6.45) is 7.48. The van der Waals surface area contributed by atoms with E-state index >= 15 is 0 Å². The number of carbonyl (C=O) groups is 1. The maximum atomic E-state index is 11.6. The van der Waals surface area contributed by atoms with E-state index in [0.29, 0.717) is 11.2 Å². The van der Waals surface area contributed by atoms with Gasteiger partial charge in [0.1, 0.15) is 0 Å². The summed E-state index contributed by atoms with van der Waals surface area (Å²) in [6.45, 7) is 7.03. The lowest BCUT2D eigenvalue weighted by molar-refractivity contribution is -0.114. The van der Waals surface area contributed by atoms with Gasteiger partial charge in [0.05, 0.1) is 0 Å². The SMILES string of the molecule is CC(C)[C@H]1CCC2=CC(=O)CCC[C@@]21C. The fourth-order valence-electron chi connectivity index (χ4n) is 3.70. The minimum atomic E-state index is 0.334. The molecule has 2 rings (SSSR count). The average Bonchev–Trinajstić information content (AvgIpc) is 2.37. The van der Waals surface area contributed by atoms with Crippen molar-refractivity contribution in [2.75, 3.05) is 0 Å². The Morgan fingerprint density at radius 3 is 2.80 bits per heavy atom. The maximum Gasteiger partial charge on any atom is 0.155 e. The third-order valence-electron chi connectivity index (χ3n) is 4.54. The Morgan fingerprint density at radius 1 is 1.40 bits per heavy atom. The van der Waals surface area contributed by atoms with Gasteiger partial charge < -0.3 is 0 Å². The van der Waals surface area contributed by atoms with Crippen LogP contribution in [0.1, 0.15) is 52.9 Å². The second kappa shape index (κ2) is 3.77. The number of fused-ring (bicyclic) bond motifs is 1. The van der Waals surface area contributed by atoms with Gasteiger partial charge in [-0.2, -0.15) is 0 Å². The Kier molecular flexibility index (Phi) is 2.74. The molecule has 0 aromatic rings. The topological polar surface area (TPSA) is 17.1 Å². The zero-order valence-electron chi connectivity index (χ0n) is 10.2. The monoisotopic (exact) mass is 206 g/mol. The lowest BCUT2D eigenvalue weighted by atomic mass is 9.70. The summed E-state index contributed by atoms with van der Waals surface area (Å²) in [5.74, 6) is 1.89. The lowest BCUT2D eigenvalue weighted by Crippen LogP contribution is -2.26. The molecule has 0 bridgehead atoms. The number of rotatable bonds is 1. The van der Waals surface area contributed by atoms with Crippen molar-refractivity contribution in [3.8, 4) is 0 Å². The van der Waals surface area contributed by atoms with Crippen molar-refractivity contribution in [1.82, 2.24) is 0 Å². The summed E-state index contributed by atoms with van der Waals surface area (Å²) in [5, 5.41) is 0. The van der Waals surface area contributed by atoms with Gasteiger partial charge in [0.15, 0.2) is 5.78 Å². The molecule has 0 heterocycles. The van der Waals surface area contributed by atoms with E-state index in [0.717, 1.165) is 31.1 Å². The average molecular weight is 206 g/mol. The zero-order valence-corrected chi connectivity index (χ0v) is 10.2. The van der Waals surface area contributed by atoms with Crippen molar-refractivity contribution >= 4 is 5.78 Å². The molecule has 0 N–H and O–H groups in total. The van der Waals surface area contributed by atoms with Crippen molar-refractivity contribution in [2.24, 2.45) is 17.3 Å². The van der Waals surface area contributed by atoms with Crippen molar-refractivity contribution in [1.29, 1.82) is 0 Å². The molecule has 0 aromatic carbocycles. The first-order valence-corrected chi connectivity index (χ1v) is 6.28. The number of carbonyl (C=O) groups excluding carboxylic acids is 1. The molecule has 1 nitrogen and oxygen atoms in total. The molecule has 0 aromatic heterocycles. The van der Waals surface area contributed by atoms with Crippen LogP contribution in [-0.4, -0.2) is 5.78 Å². The molecule has 84 valence electrons. The van der Waals surface area contributed by atoms with Crippen LogP contribution in [0.3, 0.4) is 0 Å². The van der Waals surface area contributed by atoms with E-state index in [2.05, 4.69) is 20.8 Å². The third-order valence-corrected chi connectivity index (χ3v) is 4.54. The minimum Gasteiger partial charge on any atom is -0.295 e. The molecule has 0 spiro atoms. The second-order valence-corrected chi connectivity index (χ2v) is 5.80. The molecule has 0 amide bonds. The van der Waals surface area contributed by atoms with E-state index in [1.54, 1.807) is 0 Å². The van der Waals surface area contributed by atoms with Crippen molar-refractivity contribution in [3.05, 3.63) is 11.6 Å². The van der Waals surface area contributed by atoms with Crippen LogP contribution in [0.5, 0.6) is 0 Å². The standard InChI is InChI=1S/C14H22O/c1-10(2)13-7-6-11-9-12(15)5-4-8-14(11,13)3/h9-10,13H,4-8H2,1-3H3/t13-,14+/m1/s1. The molecule has 0 saturated heterocycles. The van der Waals surface area contributed by atoms with Gasteiger partial charge >= 0.3 is 0 Å². The Bertz CT molecular complexity index is 300. The van der Waals surface area contributed by atoms with Crippen LogP contribution >= 0.6 is 0 Å². The second-order valence-electron chi connectivity index (χ2n) is 5.80. The lowest BCUT2D eigenvalue weighted by Gasteiger charge is -2.35. The van der Waals surface area contributed by atoms with Gasteiger partial charge in [0.25, 0.3) is 0 Å². The summed E-state index contributed by atoms with van der Waals surface area (Å²) in [6, 6.07) is 0. The van der Waals surface area contributed by atoms with Crippen LogP contribution in [0.15, 0.2) is 11.6 Å². The van der Waals surface area contributed by atoms with E-state index in [4.69, 9.17) is 0 Å². The van der Waals surface area contributed by atoms with Crippen LogP contribution in [0.2, 0.25) is 0 Å². The van der Waals surface area contributed by atoms with Crippen LogP contribution in [0.25, 0.3) is 0 Å². The van der Waals surface area contributed by atoms with Crippen molar-refractivity contribution < 1.29 is 4.79 Å². The van der Waals surface area contributed by atoms with Gasteiger partial charge in [-0.15, -0.1) is 0 Å². The smallest absolute Gasteiger partial charge is 0.155 e. The number of hydrogen-bond donors (Lipinski definition) is 0. The molecule has 0 aliphatic heterocycles. The number of ketones is 1. The first-order chi connectivity index (χ1) is 7.04. The van der Waals surface area contributed by atoms with Crippen molar-refractivity contribution in [2.45, 2.75) is 52.9 Å². The largest absolute Gasteiger partial charge is 0.295 e. The van der Waals surface area contributed by atoms with E-state index in [-0.39, 0.29) is 0 Å². The normalized spacial score (nSPS) is 36.4. The summed E-state index contributed by atoms with van der Waals surface area (Å²) >= 11 is 0. The molecule has 1 fully saturated rings. The Balaban J connectivity index is 2.33. The third kappa shape index (κ3) is 1.77. The number of hydrogen-bond acceptors (Lipinski definition) is 1. The predicted molar refractivity (Wildman–Crippen MR) is 62.6 cm³/mol. The molecule has 0 unspecified atom stereocenters. The molecule has 1 heteroatoms. The Labute approximate surface area is 92.9 Å². The summed E-state index contributed by atoms with van der Waals surface area (Å²) in [4.78, 5) is 11.6. The molecule has 2 atom stereocenters. The molecule has 15 heavy (non-hydrogen) atoms. The maximum absolute atomic E-state index is 11.6. The van der Waals surface area contributed by atoms with E-state index in [1.165, 1.54) is 18.4 Å². The van der Waals surface area contributed by atoms with Crippen LogP contribution in [0, 0.1) is 17.3 Å². The Morgan fingerprint density at radius 2 is 2.13 bits per heavy atom. The van der Waals surface area contributed by atoms with Gasteiger partial charge in [0.2, 0.25) is 0 Å². The fraction of sp³-hybridized carbons (Fsp3) is 0.786. The summed E-state index contributed by atoms with van der Waals surface area (Å²) in [7, 11) is 0. The van der Waals surface area contributed by atoms with Gasteiger partial charge in [-0.3, -0.25) is 4.79 Å². The molecular formula is C14H22O. The highest BCUT2D eigenvalue weighted by molar-refractivity contribution is 5.90. The number of allylic oxidation sites excluding steroid dienone is 2. The molecule has 0 radical (unpaired) electrons. The molecule has 2 aliphatic rings. The van der Waals surface area contributed by atoms with Gasteiger partial charge in [-0.25, -0.2) is 0 Å². The molecule has 2 aliphatic carbocycles. The van der Waals surface area contributed by atoms with E-state index in [9.17, 15) is 4.79 Å². The van der Waals surface area contributed by atoms with Gasteiger partial charge in [0, 0.05) is 6.42 Å². The quantitative estimate of drug-likeness (QED) is 0.638. The summed E-state index contributed by atoms with van der Waals surface area (Å²) in [5.41, 5.74) is 1.78. The van der Waals surface area contributed by atoms with Gasteiger partial charge in [-0.1, -0.05) is 26.3 Å². The van der Waals surface area contributed by atoms with Gasteiger partial charge in [-0.05, 0) is 49.0 Å². The zero-order chi connectivity index (χ0) is 11.1. The van der Waals surface area contributed by atoms with Crippen LogP contribution < -0.4 is 0 Å². The highest BCUT2D eigenvalue weighted by Crippen LogP contribution is 2.54. The first kappa shape index (κ1) is 10.9.